The summed E-state index contributed by atoms with van der Waals surface area (Å²) in [4.78, 5) is 3.08. The summed E-state index contributed by atoms with van der Waals surface area (Å²) < 4.78 is 27.0. The summed E-state index contributed by atoms with van der Waals surface area (Å²) in [5, 5.41) is 0. The standard InChI is InChI=1S/C12H21N3O2S2/c1-14-7-3-4-10(9-14)15(2)19(16,17)12-6-5-11(8-13)18-12/h5-6,10H,3-4,7-9,13H2,1-2H3. The van der Waals surface area contributed by atoms with Crippen molar-refractivity contribution in [2.75, 3.05) is 27.2 Å². The van der Waals surface area contributed by atoms with Crippen LogP contribution in [-0.2, 0) is 16.6 Å². The van der Waals surface area contributed by atoms with Crippen LogP contribution in [0.15, 0.2) is 16.3 Å². The van der Waals surface area contributed by atoms with Crippen molar-refractivity contribution in [3.05, 3.63) is 17.0 Å². The van der Waals surface area contributed by atoms with Gasteiger partial charge in [-0.1, -0.05) is 0 Å². The van der Waals surface area contributed by atoms with Crippen LogP contribution in [0.5, 0.6) is 0 Å². The third kappa shape index (κ3) is 3.17. The van der Waals surface area contributed by atoms with E-state index >= 15 is 0 Å². The van der Waals surface area contributed by atoms with E-state index in [-0.39, 0.29) is 6.04 Å². The molecule has 1 aliphatic heterocycles. The van der Waals surface area contributed by atoms with E-state index < -0.39 is 10.0 Å². The highest BCUT2D eigenvalue weighted by molar-refractivity contribution is 7.91. The summed E-state index contributed by atoms with van der Waals surface area (Å²) in [6.07, 6.45) is 1.97. The zero-order valence-electron chi connectivity index (χ0n) is 11.4. The zero-order valence-corrected chi connectivity index (χ0v) is 13.0. The average Bonchev–Trinajstić information content (AvgIpc) is 2.87. The molecule has 1 unspecified atom stereocenters. The fourth-order valence-corrected chi connectivity index (χ4v) is 5.18. The van der Waals surface area contributed by atoms with Gasteiger partial charge in [0, 0.05) is 31.1 Å². The number of piperidine rings is 1. The lowest BCUT2D eigenvalue weighted by Crippen LogP contribution is -2.47. The van der Waals surface area contributed by atoms with E-state index in [1.165, 1.54) is 15.6 Å². The van der Waals surface area contributed by atoms with Gasteiger partial charge in [0.15, 0.2) is 0 Å². The maximum Gasteiger partial charge on any atom is 0.252 e. The molecule has 0 aliphatic carbocycles. The van der Waals surface area contributed by atoms with E-state index in [4.69, 9.17) is 5.73 Å². The van der Waals surface area contributed by atoms with Crippen molar-refractivity contribution in [1.82, 2.24) is 9.21 Å². The topological polar surface area (TPSA) is 66.6 Å². The van der Waals surface area contributed by atoms with Gasteiger partial charge in [0.05, 0.1) is 0 Å². The number of hydrogen-bond acceptors (Lipinski definition) is 5. The first-order chi connectivity index (χ1) is 8.95. The Kier molecular flexibility index (Phi) is 4.62. The molecule has 0 radical (unpaired) electrons. The molecule has 2 heterocycles. The minimum Gasteiger partial charge on any atom is -0.326 e. The molecule has 2 rings (SSSR count). The number of nitrogens with zero attached hydrogens (tertiary/aromatic N) is 2. The Balaban J connectivity index is 2.18. The molecule has 1 atom stereocenters. The summed E-state index contributed by atoms with van der Waals surface area (Å²) in [7, 11) is 0.332. The van der Waals surface area contributed by atoms with Crippen molar-refractivity contribution in [3.63, 3.8) is 0 Å². The van der Waals surface area contributed by atoms with Crippen LogP contribution in [0.3, 0.4) is 0 Å². The van der Waals surface area contributed by atoms with Crippen molar-refractivity contribution >= 4 is 21.4 Å². The Morgan fingerprint density at radius 1 is 1.53 bits per heavy atom. The third-order valence-corrected chi connectivity index (χ3v) is 7.07. The van der Waals surface area contributed by atoms with Gasteiger partial charge < -0.3 is 10.6 Å². The van der Waals surface area contributed by atoms with Gasteiger partial charge in [-0.3, -0.25) is 0 Å². The van der Waals surface area contributed by atoms with E-state index in [0.717, 1.165) is 30.8 Å². The molecule has 1 fully saturated rings. The summed E-state index contributed by atoms with van der Waals surface area (Å²) >= 11 is 1.26. The van der Waals surface area contributed by atoms with Crippen LogP contribution < -0.4 is 5.73 Å². The molecule has 7 heteroatoms. The third-order valence-electron chi connectivity index (χ3n) is 3.59. The molecule has 0 spiro atoms. The van der Waals surface area contributed by atoms with Crippen LogP contribution in [0.1, 0.15) is 17.7 Å². The number of hydrogen-bond donors (Lipinski definition) is 1. The lowest BCUT2D eigenvalue weighted by Gasteiger charge is -2.34. The van der Waals surface area contributed by atoms with Gasteiger partial charge in [-0.2, -0.15) is 4.31 Å². The summed E-state index contributed by atoms with van der Waals surface area (Å²) in [6.45, 7) is 2.22. The number of thiophene rings is 1. The van der Waals surface area contributed by atoms with Crippen LogP contribution in [0.25, 0.3) is 0 Å². The summed E-state index contributed by atoms with van der Waals surface area (Å²) in [5.74, 6) is 0. The van der Waals surface area contributed by atoms with Gasteiger partial charge in [0.1, 0.15) is 4.21 Å². The van der Waals surface area contributed by atoms with Gasteiger partial charge >= 0.3 is 0 Å². The average molecular weight is 303 g/mol. The van der Waals surface area contributed by atoms with E-state index in [1.807, 2.05) is 7.05 Å². The van der Waals surface area contributed by atoms with Gasteiger partial charge in [-0.05, 0) is 38.6 Å². The smallest absolute Gasteiger partial charge is 0.252 e. The Morgan fingerprint density at radius 3 is 2.84 bits per heavy atom. The number of sulfonamides is 1. The molecule has 5 nitrogen and oxygen atoms in total. The molecule has 1 saturated heterocycles. The first kappa shape index (κ1) is 14.9. The Hall–Kier alpha value is -0.470. The van der Waals surface area contributed by atoms with Crippen molar-refractivity contribution < 1.29 is 8.42 Å². The van der Waals surface area contributed by atoms with Crippen molar-refractivity contribution in [3.8, 4) is 0 Å². The number of rotatable bonds is 4. The largest absolute Gasteiger partial charge is 0.326 e. The molecule has 1 aromatic rings. The van der Waals surface area contributed by atoms with Gasteiger partial charge in [-0.15, -0.1) is 11.3 Å². The molecular formula is C12H21N3O2S2. The van der Waals surface area contributed by atoms with E-state index in [1.54, 1.807) is 19.2 Å². The predicted octanol–water partition coefficient (Wildman–Crippen LogP) is 0.921. The molecular weight excluding hydrogens is 282 g/mol. The molecule has 0 bridgehead atoms. The molecule has 0 saturated carbocycles. The Labute approximate surface area is 119 Å². The van der Waals surface area contributed by atoms with Crippen LogP contribution in [0, 0.1) is 0 Å². The number of nitrogens with two attached hydrogens (primary N) is 1. The second kappa shape index (κ2) is 5.88. The highest BCUT2D eigenvalue weighted by Gasteiger charge is 2.31. The van der Waals surface area contributed by atoms with E-state index in [9.17, 15) is 8.42 Å². The fourth-order valence-electron chi connectivity index (χ4n) is 2.38. The second-order valence-electron chi connectivity index (χ2n) is 5.00. The highest BCUT2D eigenvalue weighted by atomic mass is 32.2. The SMILES string of the molecule is CN1CCCC(N(C)S(=O)(=O)c2ccc(CN)s2)C1. The van der Waals surface area contributed by atoms with E-state index in [0.29, 0.717) is 10.8 Å². The van der Waals surface area contributed by atoms with Crippen LogP contribution in [-0.4, -0.2) is 50.8 Å². The molecule has 19 heavy (non-hydrogen) atoms. The molecule has 108 valence electrons. The lowest BCUT2D eigenvalue weighted by molar-refractivity contribution is 0.188. The lowest BCUT2D eigenvalue weighted by atomic mass is 10.1. The van der Waals surface area contributed by atoms with Crippen LogP contribution in [0.2, 0.25) is 0 Å². The van der Waals surface area contributed by atoms with E-state index in [2.05, 4.69) is 4.90 Å². The molecule has 1 aromatic heterocycles. The highest BCUT2D eigenvalue weighted by Crippen LogP contribution is 2.27. The molecule has 0 aromatic carbocycles. The summed E-state index contributed by atoms with van der Waals surface area (Å²) in [6, 6.07) is 3.51. The predicted molar refractivity (Wildman–Crippen MR) is 77.7 cm³/mol. The number of likely N-dealkylation sites (N-methyl/N-ethyl adjacent to an activating group) is 2. The normalized spacial score (nSPS) is 22.0. The minimum atomic E-state index is -3.38. The quantitative estimate of drug-likeness (QED) is 0.898. The maximum absolute atomic E-state index is 12.5. The number of likely N-dealkylation sites (tertiary alicyclic amines) is 1. The Morgan fingerprint density at radius 2 is 2.26 bits per heavy atom. The molecule has 2 N–H and O–H groups in total. The first-order valence-electron chi connectivity index (χ1n) is 6.40. The van der Waals surface area contributed by atoms with Crippen LogP contribution >= 0.6 is 11.3 Å². The Bertz CT molecular complexity index is 527. The monoisotopic (exact) mass is 303 g/mol. The molecule has 1 aliphatic rings. The van der Waals surface area contributed by atoms with Gasteiger partial charge in [0.25, 0.3) is 10.0 Å². The summed E-state index contributed by atoms with van der Waals surface area (Å²) in [5.41, 5.74) is 5.54. The van der Waals surface area contributed by atoms with Crippen LogP contribution in [0.4, 0.5) is 0 Å². The first-order valence-corrected chi connectivity index (χ1v) is 8.66. The second-order valence-corrected chi connectivity index (χ2v) is 8.40. The maximum atomic E-state index is 12.5. The zero-order chi connectivity index (χ0) is 14.0. The van der Waals surface area contributed by atoms with Crippen molar-refractivity contribution in [1.29, 1.82) is 0 Å². The van der Waals surface area contributed by atoms with Crippen molar-refractivity contribution in [2.45, 2.75) is 29.6 Å². The fraction of sp³-hybridized carbons (Fsp3) is 0.667. The molecule has 0 amide bonds. The van der Waals surface area contributed by atoms with Gasteiger partial charge in [0.2, 0.25) is 0 Å². The van der Waals surface area contributed by atoms with Crippen molar-refractivity contribution in [2.24, 2.45) is 5.73 Å². The van der Waals surface area contributed by atoms with Gasteiger partial charge in [-0.25, -0.2) is 8.42 Å². The minimum absolute atomic E-state index is 0.0622.